The number of hydrogen-bond acceptors (Lipinski definition) is 2. The number of carbonyl (C=O) groups is 2. The number of nitrogens with one attached hydrogen (secondary N) is 2. The maximum Gasteiger partial charge on any atom is 0.321 e. The van der Waals surface area contributed by atoms with Gasteiger partial charge in [0.1, 0.15) is 0 Å². The van der Waals surface area contributed by atoms with E-state index in [0.29, 0.717) is 25.3 Å². The largest absolute Gasteiger partial charge is 0.356 e. The van der Waals surface area contributed by atoms with Crippen LogP contribution in [0.15, 0.2) is 89.4 Å². The Balaban J connectivity index is 1.51. The summed E-state index contributed by atoms with van der Waals surface area (Å²) in [6.07, 6.45) is 1.90. The molecule has 0 bridgehead atoms. The van der Waals surface area contributed by atoms with Crippen LogP contribution < -0.4 is 10.6 Å². The highest BCUT2D eigenvalue weighted by atomic mass is 79.9. The standard InChI is InChI=1S/C28H32BrN3O2/c1-2-20-32(28(34)31-26-16-10-9-15-25(26)29)21-18-27(33)30-19-17-24(22-11-5-3-6-12-22)23-13-7-4-8-14-23/h3-16,24H,2,17-21H2,1H3,(H,30,33)(H,31,34). The highest BCUT2D eigenvalue weighted by molar-refractivity contribution is 9.10. The van der Waals surface area contributed by atoms with Gasteiger partial charge in [-0.2, -0.15) is 0 Å². The summed E-state index contributed by atoms with van der Waals surface area (Å²) in [5, 5.41) is 5.96. The number of carbonyl (C=O) groups excluding carboxylic acids is 2. The molecule has 3 aromatic rings. The van der Waals surface area contributed by atoms with Crippen molar-refractivity contribution in [3.63, 3.8) is 0 Å². The molecule has 2 N–H and O–H groups in total. The molecule has 5 nitrogen and oxygen atoms in total. The smallest absolute Gasteiger partial charge is 0.321 e. The third-order valence-corrected chi connectivity index (χ3v) is 6.36. The van der Waals surface area contributed by atoms with Crippen molar-refractivity contribution in [1.82, 2.24) is 10.2 Å². The van der Waals surface area contributed by atoms with Crippen LogP contribution >= 0.6 is 15.9 Å². The molecule has 0 aliphatic heterocycles. The van der Waals surface area contributed by atoms with Crippen LogP contribution in [0.4, 0.5) is 10.5 Å². The van der Waals surface area contributed by atoms with Crippen molar-refractivity contribution in [3.05, 3.63) is 101 Å². The second kappa shape index (κ2) is 13.6. The van der Waals surface area contributed by atoms with Crippen LogP contribution in [-0.2, 0) is 4.79 Å². The highest BCUT2D eigenvalue weighted by Crippen LogP contribution is 2.27. The minimum absolute atomic E-state index is 0.0466. The Bertz CT molecular complexity index is 1000. The van der Waals surface area contributed by atoms with Gasteiger partial charge in [0.2, 0.25) is 5.91 Å². The third-order valence-electron chi connectivity index (χ3n) is 5.66. The molecule has 3 amide bonds. The summed E-state index contributed by atoms with van der Waals surface area (Å²) in [4.78, 5) is 27.0. The molecule has 3 rings (SSSR count). The van der Waals surface area contributed by atoms with Gasteiger partial charge in [0.25, 0.3) is 0 Å². The number of amides is 3. The first-order valence-corrected chi connectivity index (χ1v) is 12.5. The highest BCUT2D eigenvalue weighted by Gasteiger charge is 2.17. The molecule has 0 spiro atoms. The molecule has 0 aliphatic carbocycles. The number of anilines is 1. The minimum Gasteiger partial charge on any atom is -0.356 e. The number of nitrogens with zero attached hydrogens (tertiary/aromatic N) is 1. The van der Waals surface area contributed by atoms with Crippen molar-refractivity contribution in [2.24, 2.45) is 0 Å². The Morgan fingerprint density at radius 3 is 2.03 bits per heavy atom. The van der Waals surface area contributed by atoms with E-state index in [9.17, 15) is 9.59 Å². The molecule has 3 aromatic carbocycles. The normalized spacial score (nSPS) is 10.7. The lowest BCUT2D eigenvalue weighted by Crippen LogP contribution is -2.38. The number of hydrogen-bond donors (Lipinski definition) is 2. The minimum atomic E-state index is -0.199. The molecule has 0 atom stereocenters. The van der Waals surface area contributed by atoms with Crippen LogP contribution in [0, 0.1) is 0 Å². The topological polar surface area (TPSA) is 61.4 Å². The molecule has 6 heteroatoms. The molecule has 0 aromatic heterocycles. The van der Waals surface area contributed by atoms with Crippen molar-refractivity contribution < 1.29 is 9.59 Å². The molecule has 0 saturated carbocycles. The maximum absolute atomic E-state index is 12.7. The van der Waals surface area contributed by atoms with Gasteiger partial charge in [0.15, 0.2) is 0 Å². The number of rotatable bonds is 11. The average molecular weight is 522 g/mol. The van der Waals surface area contributed by atoms with E-state index in [2.05, 4.69) is 50.8 Å². The lowest BCUT2D eigenvalue weighted by Gasteiger charge is -2.23. The number of benzene rings is 3. The van der Waals surface area contributed by atoms with E-state index in [1.54, 1.807) is 4.90 Å². The summed E-state index contributed by atoms with van der Waals surface area (Å²) in [7, 11) is 0. The van der Waals surface area contributed by atoms with Crippen LogP contribution in [-0.4, -0.2) is 36.5 Å². The third kappa shape index (κ3) is 7.73. The fourth-order valence-electron chi connectivity index (χ4n) is 3.92. The first-order valence-electron chi connectivity index (χ1n) is 11.8. The molecule has 178 valence electrons. The molecular weight excluding hydrogens is 490 g/mol. The zero-order valence-corrected chi connectivity index (χ0v) is 21.1. The molecule has 0 radical (unpaired) electrons. The Morgan fingerprint density at radius 1 is 0.853 bits per heavy atom. The molecule has 0 fully saturated rings. The summed E-state index contributed by atoms with van der Waals surface area (Å²) in [5.74, 6) is 0.170. The van der Waals surface area contributed by atoms with Crippen LogP contribution in [0.25, 0.3) is 0 Å². The number of halogens is 1. The molecule has 34 heavy (non-hydrogen) atoms. The van der Waals surface area contributed by atoms with E-state index in [0.717, 1.165) is 17.3 Å². The van der Waals surface area contributed by atoms with Crippen LogP contribution in [0.3, 0.4) is 0 Å². The molecule has 0 saturated heterocycles. The van der Waals surface area contributed by atoms with Gasteiger partial charge in [0, 0.05) is 36.4 Å². The van der Waals surface area contributed by atoms with Crippen LogP contribution in [0.5, 0.6) is 0 Å². The summed E-state index contributed by atoms with van der Waals surface area (Å²) in [6.45, 7) is 3.56. The maximum atomic E-state index is 12.7. The van der Waals surface area contributed by atoms with E-state index in [1.165, 1.54) is 11.1 Å². The second-order valence-corrected chi connectivity index (χ2v) is 9.01. The van der Waals surface area contributed by atoms with Crippen molar-refractivity contribution in [3.8, 4) is 0 Å². The Morgan fingerprint density at radius 2 is 1.44 bits per heavy atom. The van der Waals surface area contributed by atoms with Crippen molar-refractivity contribution in [1.29, 1.82) is 0 Å². The molecule has 0 aliphatic rings. The predicted molar refractivity (Wildman–Crippen MR) is 142 cm³/mol. The monoisotopic (exact) mass is 521 g/mol. The number of para-hydroxylation sites is 1. The van der Waals surface area contributed by atoms with Crippen LogP contribution in [0.1, 0.15) is 43.2 Å². The quantitative estimate of drug-likeness (QED) is 0.305. The Kier molecular flexibility index (Phi) is 10.2. The van der Waals surface area contributed by atoms with Crippen molar-refractivity contribution in [2.45, 2.75) is 32.1 Å². The first-order chi connectivity index (χ1) is 16.6. The van der Waals surface area contributed by atoms with Gasteiger partial charge in [-0.1, -0.05) is 79.7 Å². The lowest BCUT2D eigenvalue weighted by atomic mass is 9.88. The predicted octanol–water partition coefficient (Wildman–Crippen LogP) is 6.42. The van der Waals surface area contributed by atoms with E-state index >= 15 is 0 Å². The van der Waals surface area contributed by atoms with E-state index in [-0.39, 0.29) is 24.3 Å². The summed E-state index contributed by atoms with van der Waals surface area (Å²) in [5.41, 5.74) is 3.19. The van der Waals surface area contributed by atoms with Gasteiger partial charge in [-0.15, -0.1) is 0 Å². The van der Waals surface area contributed by atoms with E-state index in [4.69, 9.17) is 0 Å². The summed E-state index contributed by atoms with van der Waals surface area (Å²) < 4.78 is 0.823. The summed E-state index contributed by atoms with van der Waals surface area (Å²) in [6, 6.07) is 28.0. The zero-order valence-electron chi connectivity index (χ0n) is 19.5. The van der Waals surface area contributed by atoms with Gasteiger partial charge in [-0.05, 0) is 52.0 Å². The van der Waals surface area contributed by atoms with Gasteiger partial charge < -0.3 is 15.5 Å². The van der Waals surface area contributed by atoms with Crippen LogP contribution in [0.2, 0.25) is 0 Å². The van der Waals surface area contributed by atoms with Gasteiger partial charge in [-0.25, -0.2) is 4.79 Å². The Labute approximate surface area is 210 Å². The fraction of sp³-hybridized carbons (Fsp3) is 0.286. The molecule has 0 heterocycles. The average Bonchev–Trinajstić information content (AvgIpc) is 2.87. The van der Waals surface area contributed by atoms with Crippen molar-refractivity contribution in [2.75, 3.05) is 25.0 Å². The van der Waals surface area contributed by atoms with Gasteiger partial charge in [-0.3, -0.25) is 4.79 Å². The molecular formula is C28H32BrN3O2. The van der Waals surface area contributed by atoms with Gasteiger partial charge >= 0.3 is 6.03 Å². The van der Waals surface area contributed by atoms with Crippen molar-refractivity contribution >= 4 is 33.6 Å². The summed E-state index contributed by atoms with van der Waals surface area (Å²) >= 11 is 3.45. The zero-order chi connectivity index (χ0) is 24.2. The Hall–Kier alpha value is -3.12. The fourth-order valence-corrected chi connectivity index (χ4v) is 4.30. The lowest BCUT2D eigenvalue weighted by molar-refractivity contribution is -0.121. The van der Waals surface area contributed by atoms with Gasteiger partial charge in [0.05, 0.1) is 5.69 Å². The SMILES string of the molecule is CCCN(CCC(=O)NCCC(c1ccccc1)c1ccccc1)C(=O)Nc1ccccc1Br. The first kappa shape index (κ1) is 25.5. The van der Waals surface area contributed by atoms with E-state index < -0.39 is 0 Å². The van der Waals surface area contributed by atoms with E-state index in [1.807, 2.05) is 67.6 Å². The number of urea groups is 1. The second-order valence-electron chi connectivity index (χ2n) is 8.16. The molecule has 0 unspecified atom stereocenters.